The molecule has 0 aromatic heterocycles. The second-order valence-electron chi connectivity index (χ2n) is 6.82. The molecule has 0 fully saturated rings. The summed E-state index contributed by atoms with van der Waals surface area (Å²) in [6.45, 7) is 4.56. The number of fused-ring (bicyclic) bond motifs is 2. The summed E-state index contributed by atoms with van der Waals surface area (Å²) in [6, 6.07) is 8.87. The van der Waals surface area contributed by atoms with Gasteiger partial charge in [0.1, 0.15) is 5.82 Å². The first-order valence-corrected chi connectivity index (χ1v) is 9.49. The van der Waals surface area contributed by atoms with Crippen molar-refractivity contribution in [2.75, 3.05) is 11.9 Å². The van der Waals surface area contributed by atoms with Gasteiger partial charge in [0, 0.05) is 29.1 Å². The van der Waals surface area contributed by atoms with E-state index in [9.17, 15) is 14.0 Å². The number of benzene rings is 2. The summed E-state index contributed by atoms with van der Waals surface area (Å²) in [5, 5.41) is 2.70. The summed E-state index contributed by atoms with van der Waals surface area (Å²) < 4.78 is 14.3. The van der Waals surface area contributed by atoms with Crippen LogP contribution in [0.3, 0.4) is 0 Å². The lowest BCUT2D eigenvalue weighted by atomic mass is 9.96. The highest BCUT2D eigenvalue weighted by Gasteiger charge is 2.27. The van der Waals surface area contributed by atoms with Gasteiger partial charge in [-0.25, -0.2) is 4.39 Å². The maximum absolute atomic E-state index is 14.3. The molecule has 26 heavy (non-hydrogen) atoms. The molecule has 0 aliphatic carbocycles. The monoisotopic (exact) mass is 370 g/mol. The number of hydrogen-bond acceptors (Lipinski definition) is 3. The third-order valence-electron chi connectivity index (χ3n) is 4.88. The molecule has 0 bridgehead atoms. The van der Waals surface area contributed by atoms with Crippen LogP contribution in [0, 0.1) is 12.7 Å². The molecule has 1 atom stereocenters. The van der Waals surface area contributed by atoms with Crippen LogP contribution >= 0.6 is 11.8 Å². The van der Waals surface area contributed by atoms with Gasteiger partial charge in [0.2, 0.25) is 5.91 Å². The standard InChI is InChI=1S/C20H19FN2O2S/c1-11-7-13-5-6-23(10-15(13)16(21)8-11)20(25)14-3-4-18-17(9-14)22-19(24)12(2)26-18/h3-4,7-9,12H,5-6,10H2,1-2H3,(H,22,24). The molecule has 4 nitrogen and oxygen atoms in total. The van der Waals surface area contributed by atoms with Crippen molar-refractivity contribution in [3.63, 3.8) is 0 Å². The SMILES string of the molecule is Cc1cc(F)c2c(c1)CCN(C(=O)c1ccc3c(c1)NC(=O)C(C)S3)C2. The van der Waals surface area contributed by atoms with Crippen LogP contribution in [0.5, 0.6) is 0 Å². The first kappa shape index (κ1) is 17.1. The number of carbonyl (C=O) groups excluding carboxylic acids is 2. The predicted octanol–water partition coefficient (Wildman–Crippen LogP) is 3.77. The highest BCUT2D eigenvalue weighted by atomic mass is 32.2. The van der Waals surface area contributed by atoms with Crippen molar-refractivity contribution in [3.8, 4) is 0 Å². The molecule has 2 aromatic carbocycles. The van der Waals surface area contributed by atoms with Gasteiger partial charge in [-0.3, -0.25) is 9.59 Å². The fraction of sp³-hybridized carbons (Fsp3) is 0.300. The molecule has 0 saturated carbocycles. The average Bonchev–Trinajstić information content (AvgIpc) is 2.61. The molecule has 2 aromatic rings. The Morgan fingerprint density at radius 2 is 2.12 bits per heavy atom. The summed E-state index contributed by atoms with van der Waals surface area (Å²) in [4.78, 5) is 27.4. The van der Waals surface area contributed by atoms with Crippen LogP contribution in [-0.2, 0) is 17.8 Å². The lowest BCUT2D eigenvalue weighted by Gasteiger charge is -2.30. The van der Waals surface area contributed by atoms with Gasteiger partial charge in [0.05, 0.1) is 10.9 Å². The van der Waals surface area contributed by atoms with Gasteiger partial charge in [-0.2, -0.15) is 0 Å². The Balaban J connectivity index is 1.59. The van der Waals surface area contributed by atoms with Crippen LogP contribution in [0.4, 0.5) is 10.1 Å². The summed E-state index contributed by atoms with van der Waals surface area (Å²) in [7, 11) is 0. The minimum atomic E-state index is -0.249. The van der Waals surface area contributed by atoms with Crippen molar-refractivity contribution in [3.05, 3.63) is 58.4 Å². The van der Waals surface area contributed by atoms with E-state index in [1.165, 1.54) is 17.8 Å². The van der Waals surface area contributed by atoms with Crippen molar-refractivity contribution in [1.29, 1.82) is 0 Å². The van der Waals surface area contributed by atoms with E-state index in [0.29, 0.717) is 29.8 Å². The second-order valence-corrected chi connectivity index (χ2v) is 8.20. The number of nitrogens with one attached hydrogen (secondary N) is 1. The third-order valence-corrected chi connectivity index (χ3v) is 6.05. The smallest absolute Gasteiger partial charge is 0.254 e. The van der Waals surface area contributed by atoms with E-state index in [-0.39, 0.29) is 29.4 Å². The fourth-order valence-electron chi connectivity index (χ4n) is 3.47. The van der Waals surface area contributed by atoms with Crippen molar-refractivity contribution in [2.24, 2.45) is 0 Å². The van der Waals surface area contributed by atoms with E-state index in [1.54, 1.807) is 17.0 Å². The van der Waals surface area contributed by atoms with Crippen LogP contribution < -0.4 is 5.32 Å². The molecule has 2 aliphatic heterocycles. The molecule has 1 unspecified atom stereocenters. The van der Waals surface area contributed by atoms with E-state index in [0.717, 1.165) is 16.0 Å². The summed E-state index contributed by atoms with van der Waals surface area (Å²) in [6.07, 6.45) is 0.648. The molecule has 2 amide bonds. The van der Waals surface area contributed by atoms with Crippen molar-refractivity contribution in [2.45, 2.75) is 37.0 Å². The van der Waals surface area contributed by atoms with Gasteiger partial charge in [-0.15, -0.1) is 11.8 Å². The highest BCUT2D eigenvalue weighted by Crippen LogP contribution is 2.36. The van der Waals surface area contributed by atoms with Gasteiger partial charge in [-0.1, -0.05) is 6.07 Å². The molecule has 2 aliphatic rings. The number of nitrogens with zero attached hydrogens (tertiary/aromatic N) is 1. The van der Waals surface area contributed by atoms with Crippen LogP contribution in [0.25, 0.3) is 0 Å². The lowest BCUT2D eigenvalue weighted by Crippen LogP contribution is -2.36. The molecule has 2 heterocycles. The third kappa shape index (κ3) is 2.98. The van der Waals surface area contributed by atoms with E-state index >= 15 is 0 Å². The lowest BCUT2D eigenvalue weighted by molar-refractivity contribution is -0.115. The number of hydrogen-bond donors (Lipinski definition) is 1. The second kappa shape index (κ2) is 6.43. The first-order chi connectivity index (χ1) is 12.4. The Morgan fingerprint density at radius 3 is 2.92 bits per heavy atom. The van der Waals surface area contributed by atoms with Crippen LogP contribution in [0.2, 0.25) is 0 Å². The molecule has 0 saturated heterocycles. The Bertz CT molecular complexity index is 928. The fourth-order valence-corrected chi connectivity index (χ4v) is 4.40. The first-order valence-electron chi connectivity index (χ1n) is 8.61. The quantitative estimate of drug-likeness (QED) is 0.831. The molecule has 0 spiro atoms. The summed E-state index contributed by atoms with van der Waals surface area (Å²) in [5.41, 5.74) is 3.66. The molecule has 4 rings (SSSR count). The Morgan fingerprint density at radius 1 is 1.31 bits per heavy atom. The van der Waals surface area contributed by atoms with E-state index in [2.05, 4.69) is 5.32 Å². The molecule has 0 radical (unpaired) electrons. The van der Waals surface area contributed by atoms with E-state index in [1.807, 2.05) is 26.0 Å². The zero-order valence-electron chi connectivity index (χ0n) is 14.6. The Hall–Kier alpha value is -2.34. The number of rotatable bonds is 1. The van der Waals surface area contributed by atoms with Gasteiger partial charge in [-0.05, 0) is 55.7 Å². The van der Waals surface area contributed by atoms with Gasteiger partial charge >= 0.3 is 0 Å². The normalized spacial score (nSPS) is 18.8. The molecule has 1 N–H and O–H groups in total. The number of carbonyl (C=O) groups is 2. The van der Waals surface area contributed by atoms with Gasteiger partial charge in [0.25, 0.3) is 5.91 Å². The molecular weight excluding hydrogens is 351 g/mol. The van der Waals surface area contributed by atoms with Crippen molar-refractivity contribution < 1.29 is 14.0 Å². The molecule has 134 valence electrons. The van der Waals surface area contributed by atoms with Gasteiger partial charge in [0.15, 0.2) is 0 Å². The van der Waals surface area contributed by atoms with E-state index in [4.69, 9.17) is 0 Å². The van der Waals surface area contributed by atoms with Gasteiger partial charge < -0.3 is 10.2 Å². The van der Waals surface area contributed by atoms with Crippen LogP contribution in [0.1, 0.15) is 34.0 Å². The zero-order chi connectivity index (χ0) is 18.4. The number of amides is 2. The summed E-state index contributed by atoms with van der Waals surface area (Å²) >= 11 is 1.48. The minimum absolute atomic E-state index is 0.0589. The number of anilines is 1. The Labute approximate surface area is 155 Å². The van der Waals surface area contributed by atoms with Crippen LogP contribution in [0.15, 0.2) is 35.2 Å². The van der Waals surface area contributed by atoms with Crippen molar-refractivity contribution in [1.82, 2.24) is 4.90 Å². The topological polar surface area (TPSA) is 49.4 Å². The van der Waals surface area contributed by atoms with Crippen LogP contribution in [-0.4, -0.2) is 28.5 Å². The zero-order valence-corrected chi connectivity index (χ0v) is 15.5. The molecular formula is C20H19FN2O2S. The Kier molecular flexibility index (Phi) is 4.23. The highest BCUT2D eigenvalue weighted by molar-refractivity contribution is 8.00. The molecule has 6 heteroatoms. The van der Waals surface area contributed by atoms with Crippen molar-refractivity contribution >= 4 is 29.3 Å². The largest absolute Gasteiger partial charge is 0.334 e. The number of thioether (sulfide) groups is 1. The maximum atomic E-state index is 14.3. The minimum Gasteiger partial charge on any atom is -0.334 e. The predicted molar refractivity (Wildman–Crippen MR) is 100.0 cm³/mol. The average molecular weight is 370 g/mol. The van der Waals surface area contributed by atoms with E-state index < -0.39 is 0 Å². The maximum Gasteiger partial charge on any atom is 0.254 e. The number of halogens is 1. The summed E-state index contributed by atoms with van der Waals surface area (Å²) in [5.74, 6) is -0.451. The number of aryl methyl sites for hydroxylation is 1.